The maximum absolute atomic E-state index is 12.0. The van der Waals surface area contributed by atoms with Crippen molar-refractivity contribution in [3.63, 3.8) is 0 Å². The van der Waals surface area contributed by atoms with Gasteiger partial charge >= 0.3 is 0 Å². The predicted molar refractivity (Wildman–Crippen MR) is 75.9 cm³/mol. The lowest BCUT2D eigenvalue weighted by atomic mass is 10.1. The minimum Gasteiger partial charge on any atom is -0.376 e. The first kappa shape index (κ1) is 14.8. The number of rotatable bonds is 4. The van der Waals surface area contributed by atoms with E-state index in [1.807, 2.05) is 0 Å². The number of hydrogen-bond donors (Lipinski definition) is 2. The van der Waals surface area contributed by atoms with E-state index in [-0.39, 0.29) is 30.6 Å². The van der Waals surface area contributed by atoms with Gasteiger partial charge in [-0.25, -0.2) is 0 Å². The van der Waals surface area contributed by atoms with Crippen molar-refractivity contribution >= 4 is 23.2 Å². The standard InChI is InChI=1S/C13H16N4O4/c1-9-10(3-2-4-11(9)17(20)21)15-7-13(19)16-6-5-14-12(18)8-16/h2-4,15H,5-8H2,1H3,(H,14,18). The first-order chi connectivity index (χ1) is 9.99. The Morgan fingerprint density at radius 2 is 2.29 bits per heavy atom. The molecule has 8 nitrogen and oxygen atoms in total. The highest BCUT2D eigenvalue weighted by Gasteiger charge is 2.21. The lowest BCUT2D eigenvalue weighted by Gasteiger charge is -2.26. The van der Waals surface area contributed by atoms with E-state index in [0.717, 1.165) is 0 Å². The molecule has 1 fully saturated rings. The average molecular weight is 292 g/mol. The van der Waals surface area contributed by atoms with Gasteiger partial charge in [0, 0.05) is 30.4 Å². The summed E-state index contributed by atoms with van der Waals surface area (Å²) in [4.78, 5) is 35.1. The molecule has 0 atom stereocenters. The summed E-state index contributed by atoms with van der Waals surface area (Å²) < 4.78 is 0. The Labute approximate surface area is 121 Å². The molecule has 112 valence electrons. The third kappa shape index (κ3) is 3.47. The Bertz CT molecular complexity index is 588. The quantitative estimate of drug-likeness (QED) is 0.612. The van der Waals surface area contributed by atoms with Crippen molar-refractivity contribution in [2.45, 2.75) is 6.92 Å². The van der Waals surface area contributed by atoms with E-state index in [9.17, 15) is 19.7 Å². The lowest BCUT2D eigenvalue weighted by molar-refractivity contribution is -0.385. The Kier molecular flexibility index (Phi) is 4.36. The summed E-state index contributed by atoms with van der Waals surface area (Å²) in [5, 5.41) is 16.4. The first-order valence-corrected chi connectivity index (χ1v) is 6.51. The number of piperazine rings is 1. The number of nitro benzene ring substituents is 1. The molecule has 21 heavy (non-hydrogen) atoms. The van der Waals surface area contributed by atoms with Crippen LogP contribution in [0.15, 0.2) is 18.2 Å². The van der Waals surface area contributed by atoms with Crippen molar-refractivity contribution in [3.8, 4) is 0 Å². The highest BCUT2D eigenvalue weighted by Crippen LogP contribution is 2.24. The summed E-state index contributed by atoms with van der Waals surface area (Å²) in [5.41, 5.74) is 1.02. The molecule has 0 aromatic heterocycles. The summed E-state index contributed by atoms with van der Waals surface area (Å²) in [6, 6.07) is 4.65. The third-order valence-electron chi connectivity index (χ3n) is 3.32. The van der Waals surface area contributed by atoms with Gasteiger partial charge in [0.05, 0.1) is 18.0 Å². The molecule has 0 bridgehead atoms. The van der Waals surface area contributed by atoms with Gasteiger partial charge in [-0.1, -0.05) is 6.07 Å². The second kappa shape index (κ2) is 6.21. The van der Waals surface area contributed by atoms with Crippen LogP contribution in [0.4, 0.5) is 11.4 Å². The Morgan fingerprint density at radius 1 is 1.52 bits per heavy atom. The number of anilines is 1. The highest BCUT2D eigenvalue weighted by atomic mass is 16.6. The second-order valence-electron chi connectivity index (χ2n) is 4.73. The van der Waals surface area contributed by atoms with E-state index < -0.39 is 4.92 Å². The Balaban J connectivity index is 2.00. The number of hydrogen-bond acceptors (Lipinski definition) is 5. The summed E-state index contributed by atoms with van der Waals surface area (Å²) in [6.07, 6.45) is 0. The fourth-order valence-electron chi connectivity index (χ4n) is 2.15. The van der Waals surface area contributed by atoms with Crippen molar-refractivity contribution < 1.29 is 14.5 Å². The van der Waals surface area contributed by atoms with E-state index in [4.69, 9.17) is 0 Å². The second-order valence-corrected chi connectivity index (χ2v) is 4.73. The molecule has 0 unspecified atom stereocenters. The molecule has 1 aliphatic rings. The summed E-state index contributed by atoms with van der Waals surface area (Å²) in [7, 11) is 0. The molecule has 0 spiro atoms. The molecule has 2 amide bonds. The number of amides is 2. The van der Waals surface area contributed by atoms with Gasteiger partial charge < -0.3 is 15.5 Å². The highest BCUT2D eigenvalue weighted by molar-refractivity contribution is 5.88. The monoisotopic (exact) mass is 292 g/mol. The van der Waals surface area contributed by atoms with Gasteiger partial charge in [0.25, 0.3) is 5.69 Å². The first-order valence-electron chi connectivity index (χ1n) is 6.51. The van der Waals surface area contributed by atoms with Crippen LogP contribution in [0.2, 0.25) is 0 Å². The fraction of sp³-hybridized carbons (Fsp3) is 0.385. The van der Waals surface area contributed by atoms with Crippen molar-refractivity contribution in [1.29, 1.82) is 0 Å². The molecular formula is C13H16N4O4. The molecule has 0 radical (unpaired) electrons. The van der Waals surface area contributed by atoms with Crippen LogP contribution in [0.5, 0.6) is 0 Å². The normalized spacial score (nSPS) is 14.5. The van der Waals surface area contributed by atoms with Crippen molar-refractivity contribution in [2.24, 2.45) is 0 Å². The molecule has 0 saturated carbocycles. The molecule has 1 aliphatic heterocycles. The third-order valence-corrected chi connectivity index (χ3v) is 3.32. The van der Waals surface area contributed by atoms with E-state index in [2.05, 4.69) is 10.6 Å². The summed E-state index contributed by atoms with van der Waals surface area (Å²) in [6.45, 7) is 2.59. The van der Waals surface area contributed by atoms with E-state index in [0.29, 0.717) is 24.3 Å². The van der Waals surface area contributed by atoms with Crippen molar-refractivity contribution in [1.82, 2.24) is 10.2 Å². The van der Waals surface area contributed by atoms with Crippen LogP contribution in [0, 0.1) is 17.0 Å². The fourth-order valence-corrected chi connectivity index (χ4v) is 2.15. The molecule has 2 N–H and O–H groups in total. The van der Waals surface area contributed by atoms with Crippen LogP contribution in [0.1, 0.15) is 5.56 Å². The van der Waals surface area contributed by atoms with E-state index in [1.165, 1.54) is 11.0 Å². The SMILES string of the molecule is Cc1c(NCC(=O)N2CCNC(=O)C2)cccc1[N+](=O)[O-]. The molecule has 1 aromatic rings. The van der Waals surface area contributed by atoms with Crippen LogP contribution < -0.4 is 10.6 Å². The number of carbonyl (C=O) groups excluding carboxylic acids is 2. The topological polar surface area (TPSA) is 105 Å². The van der Waals surface area contributed by atoms with Gasteiger partial charge in [0.1, 0.15) is 0 Å². The van der Waals surface area contributed by atoms with Gasteiger partial charge in [-0.15, -0.1) is 0 Å². The molecule has 1 heterocycles. The number of carbonyl (C=O) groups is 2. The zero-order valence-electron chi connectivity index (χ0n) is 11.6. The van der Waals surface area contributed by atoms with Gasteiger partial charge in [-0.05, 0) is 13.0 Å². The minimum atomic E-state index is -0.461. The van der Waals surface area contributed by atoms with Gasteiger partial charge in [-0.3, -0.25) is 19.7 Å². The average Bonchev–Trinajstić information content (AvgIpc) is 2.45. The largest absolute Gasteiger partial charge is 0.376 e. The zero-order valence-corrected chi connectivity index (χ0v) is 11.6. The lowest BCUT2D eigenvalue weighted by Crippen LogP contribution is -2.51. The van der Waals surface area contributed by atoms with Crippen LogP contribution in [-0.2, 0) is 9.59 Å². The smallest absolute Gasteiger partial charge is 0.274 e. The maximum atomic E-state index is 12.0. The van der Waals surface area contributed by atoms with Gasteiger partial charge in [-0.2, -0.15) is 0 Å². The molecular weight excluding hydrogens is 276 g/mol. The predicted octanol–water partition coefficient (Wildman–Crippen LogP) is 0.274. The molecule has 1 aromatic carbocycles. The van der Waals surface area contributed by atoms with Crippen molar-refractivity contribution in [2.75, 3.05) is 31.5 Å². The number of nitrogens with zero attached hydrogens (tertiary/aromatic N) is 2. The van der Waals surface area contributed by atoms with Crippen LogP contribution in [0.3, 0.4) is 0 Å². The minimum absolute atomic E-state index is 0.00444. The van der Waals surface area contributed by atoms with E-state index in [1.54, 1.807) is 19.1 Å². The van der Waals surface area contributed by atoms with Crippen LogP contribution >= 0.6 is 0 Å². The zero-order chi connectivity index (χ0) is 15.4. The molecule has 8 heteroatoms. The molecule has 0 aliphatic carbocycles. The maximum Gasteiger partial charge on any atom is 0.274 e. The van der Waals surface area contributed by atoms with Gasteiger partial charge in [0.15, 0.2) is 0 Å². The van der Waals surface area contributed by atoms with Crippen molar-refractivity contribution in [3.05, 3.63) is 33.9 Å². The van der Waals surface area contributed by atoms with Gasteiger partial charge in [0.2, 0.25) is 11.8 Å². The summed E-state index contributed by atoms with van der Waals surface area (Å²) in [5.74, 6) is -0.392. The molecule has 1 saturated heterocycles. The number of benzene rings is 1. The van der Waals surface area contributed by atoms with Crippen LogP contribution in [-0.4, -0.2) is 47.8 Å². The summed E-state index contributed by atoms with van der Waals surface area (Å²) >= 11 is 0. The Hall–Kier alpha value is -2.64. The van der Waals surface area contributed by atoms with Crippen LogP contribution in [0.25, 0.3) is 0 Å². The number of nitrogens with one attached hydrogen (secondary N) is 2. The molecule has 2 rings (SSSR count). The Morgan fingerprint density at radius 3 is 2.95 bits per heavy atom. The van der Waals surface area contributed by atoms with E-state index >= 15 is 0 Å². The number of nitro groups is 1.